The number of nitrogens with one attached hydrogen (secondary N) is 1. The zero-order chi connectivity index (χ0) is 24.5. The van der Waals surface area contributed by atoms with E-state index in [2.05, 4.69) is 50.4 Å². The van der Waals surface area contributed by atoms with Crippen LogP contribution in [0.25, 0.3) is 33.5 Å². The van der Waals surface area contributed by atoms with Crippen LogP contribution in [0.2, 0.25) is 0 Å². The minimum absolute atomic E-state index is 0.337. The first-order chi connectivity index (χ1) is 17.0. The molecular weight excluding hydrogens is 484 g/mol. The number of carbonyl (C=O) groups excluding carboxylic acids is 1. The Labute approximate surface area is 208 Å². The fourth-order valence-electron chi connectivity index (χ4n) is 3.93. The Morgan fingerprint density at radius 2 is 1.77 bits per heavy atom. The SMILES string of the molecule is CCSc1nc2c(C)sc(C(=O)OC)c2n1Cc1ccc(-c2ccc(-c3noc(=O)[nH]3)cc2)cc1. The van der Waals surface area contributed by atoms with E-state index in [9.17, 15) is 9.59 Å². The lowest BCUT2D eigenvalue weighted by atomic mass is 10.0. The highest BCUT2D eigenvalue weighted by Crippen LogP contribution is 2.35. The maximum Gasteiger partial charge on any atom is 0.439 e. The molecule has 0 unspecified atom stereocenters. The number of fused-ring (bicyclic) bond motifs is 1. The Kier molecular flexibility index (Phi) is 6.31. The smallest absolute Gasteiger partial charge is 0.439 e. The van der Waals surface area contributed by atoms with Gasteiger partial charge in [-0.2, -0.15) is 0 Å². The summed E-state index contributed by atoms with van der Waals surface area (Å²) in [6, 6.07) is 16.0. The standard InChI is InChI=1S/C25H22N4O4S2/c1-4-34-24-26-19-14(2)35-21(23(30)32-3)20(19)29(24)13-15-5-7-16(8-6-15)17-9-11-18(12-10-17)22-27-25(31)33-28-22/h5-12H,4,13H2,1-3H3,(H,27,28,31). The lowest BCUT2D eigenvalue weighted by Gasteiger charge is -2.10. The summed E-state index contributed by atoms with van der Waals surface area (Å²) in [5.41, 5.74) is 5.67. The molecule has 0 saturated heterocycles. The Balaban J connectivity index is 1.44. The van der Waals surface area contributed by atoms with Crippen molar-refractivity contribution < 1.29 is 14.1 Å². The average Bonchev–Trinajstić information content (AvgIpc) is 3.55. The van der Waals surface area contributed by atoms with Crippen molar-refractivity contribution >= 4 is 40.1 Å². The molecule has 2 aromatic carbocycles. The monoisotopic (exact) mass is 506 g/mol. The second-order valence-corrected chi connectivity index (χ2v) is 10.3. The zero-order valence-electron chi connectivity index (χ0n) is 19.3. The van der Waals surface area contributed by atoms with E-state index >= 15 is 0 Å². The molecule has 3 aromatic heterocycles. The molecule has 35 heavy (non-hydrogen) atoms. The number of esters is 1. The van der Waals surface area contributed by atoms with Gasteiger partial charge in [-0.3, -0.25) is 9.51 Å². The number of hydrogen-bond acceptors (Lipinski definition) is 8. The number of carbonyl (C=O) groups is 1. The van der Waals surface area contributed by atoms with Gasteiger partial charge in [-0.15, -0.1) is 11.3 Å². The van der Waals surface area contributed by atoms with Gasteiger partial charge in [0.15, 0.2) is 11.0 Å². The highest BCUT2D eigenvalue weighted by molar-refractivity contribution is 7.99. The molecule has 0 saturated carbocycles. The van der Waals surface area contributed by atoms with Crippen LogP contribution >= 0.6 is 23.1 Å². The number of aryl methyl sites for hydroxylation is 1. The third kappa shape index (κ3) is 4.42. The molecule has 178 valence electrons. The van der Waals surface area contributed by atoms with Gasteiger partial charge in [0.25, 0.3) is 0 Å². The fourth-order valence-corrected chi connectivity index (χ4v) is 5.68. The van der Waals surface area contributed by atoms with E-state index in [-0.39, 0.29) is 5.97 Å². The molecule has 3 heterocycles. The van der Waals surface area contributed by atoms with Gasteiger partial charge in [0.1, 0.15) is 10.4 Å². The van der Waals surface area contributed by atoms with E-state index in [4.69, 9.17) is 9.72 Å². The highest BCUT2D eigenvalue weighted by Gasteiger charge is 2.24. The molecule has 0 aliphatic rings. The number of aromatic nitrogens is 4. The quantitative estimate of drug-likeness (QED) is 0.234. The molecule has 0 atom stereocenters. The van der Waals surface area contributed by atoms with Crippen LogP contribution in [0.3, 0.4) is 0 Å². The van der Waals surface area contributed by atoms with Gasteiger partial charge in [-0.1, -0.05) is 72.4 Å². The molecule has 0 radical (unpaired) electrons. The maximum atomic E-state index is 12.4. The van der Waals surface area contributed by atoms with Crippen molar-refractivity contribution in [3.63, 3.8) is 0 Å². The van der Waals surface area contributed by atoms with Crippen LogP contribution in [0.1, 0.15) is 27.0 Å². The normalized spacial score (nSPS) is 11.3. The summed E-state index contributed by atoms with van der Waals surface area (Å²) < 4.78 is 11.7. The number of aromatic amines is 1. The second kappa shape index (κ2) is 9.55. The second-order valence-electron chi connectivity index (χ2n) is 7.81. The van der Waals surface area contributed by atoms with E-state index < -0.39 is 5.76 Å². The van der Waals surface area contributed by atoms with Crippen molar-refractivity contribution in [3.8, 4) is 22.5 Å². The summed E-state index contributed by atoms with van der Waals surface area (Å²) in [5, 5.41) is 4.61. The molecule has 10 heteroatoms. The van der Waals surface area contributed by atoms with Gasteiger partial charge in [-0.05, 0) is 29.4 Å². The lowest BCUT2D eigenvalue weighted by molar-refractivity contribution is 0.0608. The summed E-state index contributed by atoms with van der Waals surface area (Å²) in [6.45, 7) is 4.67. The third-order valence-electron chi connectivity index (χ3n) is 5.61. The predicted molar refractivity (Wildman–Crippen MR) is 137 cm³/mol. The van der Waals surface area contributed by atoms with E-state index in [0.29, 0.717) is 17.2 Å². The van der Waals surface area contributed by atoms with Crippen molar-refractivity contribution in [2.75, 3.05) is 12.9 Å². The van der Waals surface area contributed by atoms with E-state index in [1.807, 2.05) is 31.2 Å². The van der Waals surface area contributed by atoms with Crippen LogP contribution in [-0.2, 0) is 11.3 Å². The number of thioether (sulfide) groups is 1. The lowest BCUT2D eigenvalue weighted by Crippen LogP contribution is -2.06. The number of thiophene rings is 1. The highest BCUT2D eigenvalue weighted by atomic mass is 32.2. The predicted octanol–water partition coefficient (Wildman–Crippen LogP) is 5.36. The molecule has 5 aromatic rings. The first-order valence-corrected chi connectivity index (χ1v) is 12.7. The van der Waals surface area contributed by atoms with E-state index in [0.717, 1.165) is 49.1 Å². The molecule has 1 N–H and O–H groups in total. The molecule has 0 spiro atoms. The van der Waals surface area contributed by atoms with Gasteiger partial charge >= 0.3 is 11.7 Å². The zero-order valence-corrected chi connectivity index (χ0v) is 21.0. The largest absolute Gasteiger partial charge is 0.465 e. The molecular formula is C25H22N4O4S2. The van der Waals surface area contributed by atoms with Crippen LogP contribution in [0.4, 0.5) is 0 Å². The molecule has 0 aliphatic heterocycles. The maximum absolute atomic E-state index is 12.4. The van der Waals surface area contributed by atoms with E-state index in [1.54, 1.807) is 11.8 Å². The first kappa shape index (κ1) is 23.1. The van der Waals surface area contributed by atoms with Crippen LogP contribution in [-0.4, -0.2) is 38.5 Å². The van der Waals surface area contributed by atoms with E-state index in [1.165, 1.54) is 18.4 Å². The van der Waals surface area contributed by atoms with Crippen LogP contribution in [0, 0.1) is 6.92 Å². The number of nitrogens with zero attached hydrogens (tertiary/aromatic N) is 3. The summed E-state index contributed by atoms with van der Waals surface area (Å²) in [4.78, 5) is 32.6. The van der Waals surface area contributed by atoms with Crippen LogP contribution in [0.5, 0.6) is 0 Å². The van der Waals surface area contributed by atoms with Gasteiger partial charge in [0.05, 0.1) is 19.2 Å². The minimum Gasteiger partial charge on any atom is -0.465 e. The number of ether oxygens (including phenoxy) is 1. The number of methoxy groups -OCH3 is 1. The average molecular weight is 507 g/mol. The number of rotatable bonds is 7. The summed E-state index contributed by atoms with van der Waals surface area (Å²) in [7, 11) is 1.40. The van der Waals surface area contributed by atoms with Gasteiger partial charge in [0, 0.05) is 10.4 Å². The first-order valence-electron chi connectivity index (χ1n) is 10.9. The number of benzene rings is 2. The Bertz CT molecular complexity index is 1560. The Hall–Kier alpha value is -3.63. The summed E-state index contributed by atoms with van der Waals surface area (Å²) in [6.07, 6.45) is 0. The van der Waals surface area contributed by atoms with Crippen molar-refractivity contribution in [2.45, 2.75) is 25.5 Å². The Morgan fingerprint density at radius 1 is 1.11 bits per heavy atom. The molecule has 0 amide bonds. The number of hydrogen-bond donors (Lipinski definition) is 1. The van der Waals surface area contributed by atoms with Crippen LogP contribution in [0.15, 0.2) is 63.0 Å². The van der Waals surface area contributed by atoms with Gasteiger partial charge in [0.2, 0.25) is 0 Å². The molecule has 8 nitrogen and oxygen atoms in total. The minimum atomic E-state index is -0.577. The number of imidazole rings is 1. The van der Waals surface area contributed by atoms with Crippen LogP contribution < -0.4 is 5.76 Å². The third-order valence-corrected chi connectivity index (χ3v) is 7.53. The van der Waals surface area contributed by atoms with Gasteiger partial charge in [-0.25, -0.2) is 14.6 Å². The van der Waals surface area contributed by atoms with Gasteiger partial charge < -0.3 is 9.30 Å². The topological polar surface area (TPSA) is 103 Å². The molecule has 5 rings (SSSR count). The molecule has 0 fully saturated rings. The number of H-pyrrole nitrogens is 1. The van der Waals surface area contributed by atoms with Crippen molar-refractivity contribution in [1.82, 2.24) is 19.7 Å². The summed E-state index contributed by atoms with van der Waals surface area (Å²) >= 11 is 3.08. The van der Waals surface area contributed by atoms with Crippen molar-refractivity contribution in [3.05, 3.63) is 74.4 Å². The van der Waals surface area contributed by atoms with Crippen molar-refractivity contribution in [1.29, 1.82) is 0 Å². The fraction of sp³-hybridized carbons (Fsp3) is 0.200. The summed E-state index contributed by atoms with van der Waals surface area (Å²) in [5.74, 6) is 0.369. The van der Waals surface area contributed by atoms with Crippen molar-refractivity contribution in [2.24, 2.45) is 0 Å². The molecule has 0 aliphatic carbocycles. The Morgan fingerprint density at radius 3 is 2.37 bits per heavy atom. The molecule has 0 bridgehead atoms.